The van der Waals surface area contributed by atoms with Crippen molar-refractivity contribution in [2.24, 2.45) is 0 Å². The first-order chi connectivity index (χ1) is 6.97. The summed E-state index contributed by atoms with van der Waals surface area (Å²) in [6.45, 7) is 1.47. The molecule has 1 atom stereocenters. The Bertz CT molecular complexity index is 389. The van der Waals surface area contributed by atoms with Gasteiger partial charge >= 0.3 is 5.97 Å². The van der Waals surface area contributed by atoms with E-state index in [0.29, 0.717) is 5.75 Å². The topological polar surface area (TPSA) is 66.8 Å². The quantitative estimate of drug-likeness (QED) is 0.836. The van der Waals surface area contributed by atoms with Gasteiger partial charge in [-0.25, -0.2) is 0 Å². The van der Waals surface area contributed by atoms with Crippen molar-refractivity contribution in [3.63, 3.8) is 0 Å². The summed E-state index contributed by atoms with van der Waals surface area (Å²) < 4.78 is 4.93. The second kappa shape index (κ2) is 4.40. The molecule has 0 spiro atoms. The van der Waals surface area contributed by atoms with E-state index in [-0.39, 0.29) is 16.3 Å². The van der Waals surface area contributed by atoms with Gasteiger partial charge in [0.25, 0.3) is 0 Å². The average Bonchev–Trinajstić information content (AvgIpc) is 2.20. The summed E-state index contributed by atoms with van der Waals surface area (Å²) in [5, 5.41) is 18.5. The molecule has 0 saturated carbocycles. The average molecular weight is 231 g/mol. The fraction of sp³-hybridized carbons (Fsp3) is 0.300. The maximum Gasteiger partial charge on any atom is 0.310 e. The summed E-state index contributed by atoms with van der Waals surface area (Å²) in [4.78, 5) is 10.8. The molecule has 1 aromatic carbocycles. The molecule has 0 saturated heterocycles. The molecule has 0 amide bonds. The lowest BCUT2D eigenvalue weighted by atomic mass is 10.00. The van der Waals surface area contributed by atoms with E-state index in [1.165, 1.54) is 26.2 Å². The summed E-state index contributed by atoms with van der Waals surface area (Å²) in [6, 6.07) is 2.88. The molecule has 0 heterocycles. The maximum atomic E-state index is 10.8. The molecule has 0 bridgehead atoms. The van der Waals surface area contributed by atoms with Crippen LogP contribution in [0.4, 0.5) is 0 Å². The molecule has 0 fully saturated rings. The zero-order valence-corrected chi connectivity index (χ0v) is 9.08. The van der Waals surface area contributed by atoms with Crippen molar-refractivity contribution in [1.29, 1.82) is 0 Å². The van der Waals surface area contributed by atoms with Crippen LogP contribution in [0.3, 0.4) is 0 Å². The second-order valence-electron chi connectivity index (χ2n) is 3.11. The van der Waals surface area contributed by atoms with Crippen molar-refractivity contribution in [1.82, 2.24) is 0 Å². The van der Waals surface area contributed by atoms with Gasteiger partial charge in [-0.3, -0.25) is 4.79 Å². The third-order valence-corrected chi connectivity index (χ3v) is 2.43. The summed E-state index contributed by atoms with van der Waals surface area (Å²) >= 11 is 5.72. The predicted octanol–water partition coefficient (Wildman–Crippen LogP) is 2.24. The first-order valence-electron chi connectivity index (χ1n) is 4.26. The van der Waals surface area contributed by atoms with Gasteiger partial charge in [0, 0.05) is 11.6 Å². The Hall–Kier alpha value is -1.42. The highest BCUT2D eigenvalue weighted by Crippen LogP contribution is 2.36. The lowest BCUT2D eigenvalue weighted by Gasteiger charge is -2.12. The van der Waals surface area contributed by atoms with Gasteiger partial charge in [-0.15, -0.1) is 0 Å². The van der Waals surface area contributed by atoms with Crippen LogP contribution in [-0.4, -0.2) is 23.3 Å². The molecule has 4 nitrogen and oxygen atoms in total. The number of hydrogen-bond donors (Lipinski definition) is 2. The number of benzene rings is 1. The fourth-order valence-electron chi connectivity index (χ4n) is 1.18. The monoisotopic (exact) mass is 230 g/mol. The fourth-order valence-corrected chi connectivity index (χ4v) is 1.39. The van der Waals surface area contributed by atoms with Crippen molar-refractivity contribution in [2.45, 2.75) is 12.8 Å². The number of rotatable bonds is 3. The van der Waals surface area contributed by atoms with E-state index in [1.807, 2.05) is 0 Å². The number of carboxylic acids is 1. The third-order valence-electron chi connectivity index (χ3n) is 2.14. The maximum absolute atomic E-state index is 10.8. The zero-order valence-electron chi connectivity index (χ0n) is 8.32. The van der Waals surface area contributed by atoms with Crippen molar-refractivity contribution >= 4 is 17.6 Å². The van der Waals surface area contributed by atoms with Gasteiger partial charge in [0.05, 0.1) is 18.1 Å². The number of phenols is 1. The number of aliphatic carboxylic acids is 1. The molecule has 1 rings (SSSR count). The molecule has 1 aromatic rings. The Kier molecular flexibility index (Phi) is 3.42. The van der Waals surface area contributed by atoms with Crippen LogP contribution in [0.2, 0.25) is 5.02 Å². The molecule has 15 heavy (non-hydrogen) atoms. The number of halogens is 1. The van der Waals surface area contributed by atoms with Crippen LogP contribution in [0.15, 0.2) is 12.1 Å². The Morgan fingerprint density at radius 2 is 2.13 bits per heavy atom. The van der Waals surface area contributed by atoms with E-state index in [9.17, 15) is 9.90 Å². The molecule has 0 radical (unpaired) electrons. The van der Waals surface area contributed by atoms with Crippen molar-refractivity contribution in [3.05, 3.63) is 22.7 Å². The highest BCUT2D eigenvalue weighted by atomic mass is 35.5. The largest absolute Gasteiger partial charge is 0.506 e. The number of ether oxygens (including phenoxy) is 1. The normalized spacial score (nSPS) is 12.2. The molecule has 2 N–H and O–H groups in total. The highest BCUT2D eigenvalue weighted by molar-refractivity contribution is 6.32. The van der Waals surface area contributed by atoms with Crippen LogP contribution in [-0.2, 0) is 4.79 Å². The lowest BCUT2D eigenvalue weighted by Crippen LogP contribution is -2.08. The number of carboxylic acid groups (broad SMARTS) is 1. The van der Waals surface area contributed by atoms with Crippen LogP contribution in [0.25, 0.3) is 0 Å². The Labute approximate surface area is 92.1 Å². The minimum atomic E-state index is -1.03. The smallest absolute Gasteiger partial charge is 0.310 e. The zero-order chi connectivity index (χ0) is 11.6. The molecular weight excluding hydrogens is 220 g/mol. The van der Waals surface area contributed by atoms with E-state index < -0.39 is 11.9 Å². The molecule has 82 valence electrons. The summed E-state index contributed by atoms with van der Waals surface area (Å²) in [5.41, 5.74) is 0.242. The van der Waals surface area contributed by atoms with Crippen molar-refractivity contribution in [3.8, 4) is 11.5 Å². The minimum absolute atomic E-state index is 0.0810. The van der Waals surface area contributed by atoms with Crippen LogP contribution in [0.5, 0.6) is 11.5 Å². The summed E-state index contributed by atoms with van der Waals surface area (Å²) in [5.74, 6) is -1.67. The Balaban J connectivity index is 3.27. The van der Waals surface area contributed by atoms with Crippen LogP contribution in [0, 0.1) is 0 Å². The minimum Gasteiger partial charge on any atom is -0.506 e. The van der Waals surface area contributed by atoms with Crippen LogP contribution < -0.4 is 4.74 Å². The first kappa shape index (κ1) is 11.7. The summed E-state index contributed by atoms with van der Waals surface area (Å²) in [6.07, 6.45) is 0. The number of hydrogen-bond acceptors (Lipinski definition) is 3. The van der Waals surface area contributed by atoms with E-state index in [1.54, 1.807) is 0 Å². The van der Waals surface area contributed by atoms with E-state index in [0.717, 1.165) is 0 Å². The van der Waals surface area contributed by atoms with E-state index >= 15 is 0 Å². The Morgan fingerprint density at radius 3 is 2.60 bits per heavy atom. The van der Waals surface area contributed by atoms with Crippen molar-refractivity contribution in [2.75, 3.05) is 7.11 Å². The van der Waals surface area contributed by atoms with E-state index in [4.69, 9.17) is 21.4 Å². The molecule has 5 heteroatoms. The van der Waals surface area contributed by atoms with Crippen molar-refractivity contribution < 1.29 is 19.7 Å². The summed E-state index contributed by atoms with van der Waals surface area (Å²) in [7, 11) is 1.44. The molecule has 0 aliphatic heterocycles. The molecule has 1 unspecified atom stereocenters. The van der Waals surface area contributed by atoms with Gasteiger partial charge in [0.2, 0.25) is 0 Å². The van der Waals surface area contributed by atoms with E-state index in [2.05, 4.69) is 0 Å². The Morgan fingerprint density at radius 1 is 1.53 bits per heavy atom. The third kappa shape index (κ3) is 2.33. The number of methoxy groups -OCH3 is 1. The molecular formula is C10H11ClO4. The SMILES string of the molecule is COc1cc(Cl)c(O)c(C(C)C(=O)O)c1. The molecule has 0 aliphatic rings. The molecule has 0 aromatic heterocycles. The highest BCUT2D eigenvalue weighted by Gasteiger charge is 2.20. The van der Waals surface area contributed by atoms with Gasteiger partial charge < -0.3 is 14.9 Å². The van der Waals surface area contributed by atoms with Gasteiger partial charge in [0.1, 0.15) is 11.5 Å². The van der Waals surface area contributed by atoms with Crippen LogP contribution >= 0.6 is 11.6 Å². The standard InChI is InChI=1S/C10H11ClO4/c1-5(10(13)14)7-3-6(15-2)4-8(11)9(7)12/h3-5,12H,1-2H3,(H,13,14). The predicted molar refractivity (Wildman–Crippen MR) is 55.7 cm³/mol. The van der Waals surface area contributed by atoms with Gasteiger partial charge in [-0.2, -0.15) is 0 Å². The number of aromatic hydroxyl groups is 1. The van der Waals surface area contributed by atoms with Gasteiger partial charge in [-0.1, -0.05) is 11.6 Å². The van der Waals surface area contributed by atoms with Gasteiger partial charge in [0.15, 0.2) is 0 Å². The number of phenolic OH excluding ortho intramolecular Hbond substituents is 1. The number of carbonyl (C=O) groups is 1. The molecule has 0 aliphatic carbocycles. The first-order valence-corrected chi connectivity index (χ1v) is 4.64. The van der Waals surface area contributed by atoms with Crippen LogP contribution in [0.1, 0.15) is 18.4 Å². The second-order valence-corrected chi connectivity index (χ2v) is 3.51. The lowest BCUT2D eigenvalue weighted by molar-refractivity contribution is -0.138. The van der Waals surface area contributed by atoms with Gasteiger partial charge in [-0.05, 0) is 13.0 Å².